The Morgan fingerprint density at radius 1 is 1.06 bits per heavy atom. The van der Waals surface area contributed by atoms with Crippen LogP contribution in [0.2, 0.25) is 0 Å². The van der Waals surface area contributed by atoms with E-state index in [4.69, 9.17) is 9.05 Å². The van der Waals surface area contributed by atoms with Gasteiger partial charge in [-0.2, -0.15) is 0 Å². The Labute approximate surface area is 94.9 Å². The SMILES string of the molecule is C=C(C)c1cc(C)on1.Cc1cc(C)on1. The van der Waals surface area contributed by atoms with Crippen LogP contribution in [0.4, 0.5) is 0 Å². The first-order chi connectivity index (χ1) is 7.49. The zero-order valence-electron chi connectivity index (χ0n) is 10.1. The molecule has 0 unspecified atom stereocenters. The first-order valence-corrected chi connectivity index (χ1v) is 4.98. The van der Waals surface area contributed by atoms with E-state index in [0.29, 0.717) is 0 Å². The number of hydrogen-bond donors (Lipinski definition) is 0. The van der Waals surface area contributed by atoms with Gasteiger partial charge in [0.2, 0.25) is 0 Å². The Morgan fingerprint density at radius 2 is 1.62 bits per heavy atom. The summed E-state index contributed by atoms with van der Waals surface area (Å²) in [5.74, 6) is 1.70. The molecule has 4 heteroatoms. The first-order valence-electron chi connectivity index (χ1n) is 4.98. The molecule has 0 aliphatic carbocycles. The van der Waals surface area contributed by atoms with Crippen LogP contribution < -0.4 is 0 Å². The standard InChI is InChI=1S/C7H9NO.C5H7NO/c1-5(2)7-4-6(3)9-8-7;1-4-3-5(2)7-6-4/h4H,1H2,2-3H3;3H,1-2H3. The molecule has 0 saturated heterocycles. The predicted octanol–water partition coefficient (Wildman–Crippen LogP) is 3.31. The summed E-state index contributed by atoms with van der Waals surface area (Å²) in [6.45, 7) is 11.3. The van der Waals surface area contributed by atoms with Gasteiger partial charge in [0, 0.05) is 12.1 Å². The summed E-state index contributed by atoms with van der Waals surface area (Å²) in [5.41, 5.74) is 2.72. The average molecular weight is 220 g/mol. The summed E-state index contributed by atoms with van der Waals surface area (Å²) in [6.07, 6.45) is 0. The van der Waals surface area contributed by atoms with Gasteiger partial charge in [0.25, 0.3) is 0 Å². The fourth-order valence-corrected chi connectivity index (χ4v) is 1.06. The molecule has 2 aromatic heterocycles. The summed E-state index contributed by atoms with van der Waals surface area (Å²) in [4.78, 5) is 0. The van der Waals surface area contributed by atoms with Gasteiger partial charge in [-0.3, -0.25) is 0 Å². The Kier molecular flexibility index (Phi) is 4.05. The van der Waals surface area contributed by atoms with Crippen molar-refractivity contribution in [2.24, 2.45) is 0 Å². The van der Waals surface area contributed by atoms with E-state index in [9.17, 15) is 0 Å². The summed E-state index contributed by atoms with van der Waals surface area (Å²) >= 11 is 0. The molecule has 2 rings (SSSR count). The number of nitrogens with zero attached hydrogens (tertiary/aromatic N) is 2. The Morgan fingerprint density at radius 3 is 1.81 bits per heavy atom. The molecular formula is C12H16N2O2. The number of aryl methyl sites for hydroxylation is 3. The van der Waals surface area contributed by atoms with Crippen molar-refractivity contribution in [3.63, 3.8) is 0 Å². The van der Waals surface area contributed by atoms with Gasteiger partial charge in [-0.25, -0.2) is 0 Å². The highest BCUT2D eigenvalue weighted by molar-refractivity contribution is 5.57. The van der Waals surface area contributed by atoms with Crippen molar-refractivity contribution in [3.8, 4) is 0 Å². The van der Waals surface area contributed by atoms with E-state index in [1.165, 1.54) is 0 Å². The van der Waals surface area contributed by atoms with Crippen molar-refractivity contribution in [1.29, 1.82) is 0 Å². The van der Waals surface area contributed by atoms with Crippen LogP contribution in [0, 0.1) is 20.8 Å². The quantitative estimate of drug-likeness (QED) is 0.739. The predicted molar refractivity (Wildman–Crippen MR) is 61.9 cm³/mol. The van der Waals surface area contributed by atoms with Crippen LogP contribution in [-0.4, -0.2) is 10.3 Å². The smallest absolute Gasteiger partial charge is 0.134 e. The second-order valence-electron chi connectivity index (χ2n) is 3.68. The zero-order valence-corrected chi connectivity index (χ0v) is 10.1. The molecule has 4 nitrogen and oxygen atoms in total. The highest BCUT2D eigenvalue weighted by Crippen LogP contribution is 2.09. The van der Waals surface area contributed by atoms with Gasteiger partial charge in [0.15, 0.2) is 0 Å². The van der Waals surface area contributed by atoms with Crippen LogP contribution in [0.1, 0.15) is 29.8 Å². The minimum atomic E-state index is 0.827. The van der Waals surface area contributed by atoms with Crippen LogP contribution >= 0.6 is 0 Å². The van der Waals surface area contributed by atoms with Crippen molar-refractivity contribution < 1.29 is 9.05 Å². The molecule has 0 aliphatic heterocycles. The molecule has 16 heavy (non-hydrogen) atoms. The molecule has 0 bridgehead atoms. The minimum Gasteiger partial charge on any atom is -0.361 e. The molecular weight excluding hydrogens is 204 g/mol. The normalized spacial score (nSPS) is 9.50. The largest absolute Gasteiger partial charge is 0.361 e. The number of hydrogen-bond acceptors (Lipinski definition) is 4. The van der Waals surface area contributed by atoms with Gasteiger partial charge in [-0.05, 0) is 33.3 Å². The van der Waals surface area contributed by atoms with E-state index in [-0.39, 0.29) is 0 Å². The fraction of sp³-hybridized carbons (Fsp3) is 0.333. The van der Waals surface area contributed by atoms with Crippen LogP contribution in [0.15, 0.2) is 27.8 Å². The van der Waals surface area contributed by atoms with Crippen molar-refractivity contribution in [2.75, 3.05) is 0 Å². The lowest BCUT2D eigenvalue weighted by Crippen LogP contribution is -1.72. The average Bonchev–Trinajstić information content (AvgIpc) is 2.76. The van der Waals surface area contributed by atoms with Crippen LogP contribution in [0.3, 0.4) is 0 Å². The maximum Gasteiger partial charge on any atom is 0.134 e. The number of allylic oxidation sites excluding steroid dienone is 1. The molecule has 0 aliphatic rings. The molecule has 0 amide bonds. The third kappa shape index (κ3) is 3.73. The van der Waals surface area contributed by atoms with E-state index in [1.807, 2.05) is 39.8 Å². The maximum atomic E-state index is 4.81. The zero-order chi connectivity index (χ0) is 12.1. The molecule has 0 N–H and O–H groups in total. The van der Waals surface area contributed by atoms with E-state index in [1.54, 1.807) is 0 Å². The molecule has 2 aromatic rings. The summed E-state index contributed by atoms with van der Waals surface area (Å²) in [7, 11) is 0. The van der Waals surface area contributed by atoms with Gasteiger partial charge in [-0.1, -0.05) is 16.9 Å². The van der Waals surface area contributed by atoms with Gasteiger partial charge in [0.1, 0.15) is 17.2 Å². The summed E-state index contributed by atoms with van der Waals surface area (Å²) < 4.78 is 9.53. The van der Waals surface area contributed by atoms with E-state index in [2.05, 4.69) is 16.9 Å². The van der Waals surface area contributed by atoms with Gasteiger partial charge >= 0.3 is 0 Å². The van der Waals surface area contributed by atoms with Crippen molar-refractivity contribution >= 4 is 5.57 Å². The Bertz CT molecular complexity index is 452. The molecule has 0 aromatic carbocycles. The molecule has 0 saturated carbocycles. The van der Waals surface area contributed by atoms with Gasteiger partial charge in [-0.15, -0.1) is 0 Å². The van der Waals surface area contributed by atoms with Gasteiger partial charge in [0.05, 0.1) is 5.69 Å². The summed E-state index contributed by atoms with van der Waals surface area (Å²) in [6, 6.07) is 3.75. The van der Waals surface area contributed by atoms with Crippen LogP contribution in [-0.2, 0) is 0 Å². The fourth-order valence-electron chi connectivity index (χ4n) is 1.06. The minimum absolute atomic E-state index is 0.827. The lowest BCUT2D eigenvalue weighted by atomic mass is 10.2. The first kappa shape index (κ1) is 12.2. The third-order valence-corrected chi connectivity index (χ3v) is 1.81. The van der Waals surface area contributed by atoms with Crippen molar-refractivity contribution in [2.45, 2.75) is 27.7 Å². The Balaban J connectivity index is 0.000000165. The molecule has 86 valence electrons. The highest BCUT2D eigenvalue weighted by atomic mass is 16.5. The lowest BCUT2D eigenvalue weighted by molar-refractivity contribution is 0.393. The molecule has 0 atom stereocenters. The number of aromatic nitrogens is 2. The molecule has 0 radical (unpaired) electrons. The second kappa shape index (κ2) is 5.30. The highest BCUT2D eigenvalue weighted by Gasteiger charge is 1.97. The van der Waals surface area contributed by atoms with E-state index < -0.39 is 0 Å². The monoisotopic (exact) mass is 220 g/mol. The van der Waals surface area contributed by atoms with Crippen LogP contribution in [0.5, 0.6) is 0 Å². The topological polar surface area (TPSA) is 52.1 Å². The third-order valence-electron chi connectivity index (χ3n) is 1.81. The molecule has 2 heterocycles. The maximum absolute atomic E-state index is 4.81. The molecule has 0 spiro atoms. The Hall–Kier alpha value is -1.84. The van der Waals surface area contributed by atoms with E-state index >= 15 is 0 Å². The lowest BCUT2D eigenvalue weighted by Gasteiger charge is -1.83. The van der Waals surface area contributed by atoms with E-state index in [0.717, 1.165) is 28.5 Å². The van der Waals surface area contributed by atoms with Gasteiger partial charge < -0.3 is 9.05 Å². The van der Waals surface area contributed by atoms with Crippen molar-refractivity contribution in [1.82, 2.24) is 10.3 Å². The van der Waals surface area contributed by atoms with Crippen LogP contribution in [0.25, 0.3) is 5.57 Å². The summed E-state index contributed by atoms with van der Waals surface area (Å²) in [5, 5.41) is 7.38. The number of rotatable bonds is 1. The van der Waals surface area contributed by atoms with Crippen molar-refractivity contribution in [3.05, 3.63) is 41.6 Å². The molecule has 0 fully saturated rings. The second-order valence-corrected chi connectivity index (χ2v) is 3.68.